The minimum absolute atomic E-state index is 0.0192. The first-order valence-electron chi connectivity index (χ1n) is 9.07. The van der Waals surface area contributed by atoms with E-state index in [2.05, 4.69) is 20.1 Å². The number of rotatable bonds is 4. The first-order valence-corrected chi connectivity index (χ1v) is 9.07. The van der Waals surface area contributed by atoms with Crippen LogP contribution >= 0.6 is 0 Å². The van der Waals surface area contributed by atoms with Crippen LogP contribution < -0.4 is 5.32 Å². The minimum atomic E-state index is -0.0192. The molecule has 1 aliphatic rings. The standard InChI is InChI=1S/C21H22N4O/c1-15-8-10-16(11-9-15)13-20(26)22-18-6-4-5-17(14-18)21-24-23-19-7-2-3-12-25(19)21/h4-6,8-11,14H,2-3,7,12-13H2,1H3,(H,22,26). The van der Waals surface area contributed by atoms with Crippen LogP contribution in [0.2, 0.25) is 0 Å². The van der Waals surface area contributed by atoms with Crippen molar-refractivity contribution in [2.45, 2.75) is 39.2 Å². The van der Waals surface area contributed by atoms with E-state index in [4.69, 9.17) is 0 Å². The van der Waals surface area contributed by atoms with Crippen molar-refractivity contribution < 1.29 is 4.79 Å². The lowest BCUT2D eigenvalue weighted by Crippen LogP contribution is -2.14. The maximum absolute atomic E-state index is 12.4. The van der Waals surface area contributed by atoms with Gasteiger partial charge in [-0.15, -0.1) is 10.2 Å². The lowest BCUT2D eigenvalue weighted by molar-refractivity contribution is -0.115. The fourth-order valence-electron chi connectivity index (χ4n) is 3.35. The summed E-state index contributed by atoms with van der Waals surface area (Å²) in [4.78, 5) is 12.4. The number of carbonyl (C=O) groups is 1. The van der Waals surface area contributed by atoms with Crippen LogP contribution in [-0.2, 0) is 24.2 Å². The van der Waals surface area contributed by atoms with E-state index in [-0.39, 0.29) is 5.91 Å². The number of hydrogen-bond donors (Lipinski definition) is 1. The SMILES string of the molecule is Cc1ccc(CC(=O)Nc2cccc(-c3nnc4n3CCCC4)c2)cc1. The molecule has 0 radical (unpaired) electrons. The molecule has 132 valence electrons. The van der Waals surface area contributed by atoms with Crippen LogP contribution in [0.4, 0.5) is 5.69 Å². The van der Waals surface area contributed by atoms with Gasteiger partial charge in [-0.1, -0.05) is 42.0 Å². The third kappa shape index (κ3) is 3.52. The molecule has 1 amide bonds. The van der Waals surface area contributed by atoms with Crippen molar-refractivity contribution in [2.24, 2.45) is 0 Å². The zero-order chi connectivity index (χ0) is 17.9. The van der Waals surface area contributed by atoms with E-state index in [1.54, 1.807) is 0 Å². The van der Waals surface area contributed by atoms with Crippen LogP contribution in [0, 0.1) is 6.92 Å². The van der Waals surface area contributed by atoms with Crippen molar-refractivity contribution in [1.29, 1.82) is 0 Å². The molecule has 1 aromatic heterocycles. The Morgan fingerprint density at radius 1 is 1.12 bits per heavy atom. The normalized spacial score (nSPS) is 13.3. The summed E-state index contributed by atoms with van der Waals surface area (Å²) in [7, 11) is 0. The summed E-state index contributed by atoms with van der Waals surface area (Å²) in [6.45, 7) is 3.00. The molecule has 0 saturated heterocycles. The third-order valence-corrected chi connectivity index (χ3v) is 4.75. The zero-order valence-corrected chi connectivity index (χ0v) is 14.9. The van der Waals surface area contributed by atoms with Gasteiger partial charge in [0.05, 0.1) is 6.42 Å². The number of nitrogens with zero attached hydrogens (tertiary/aromatic N) is 3. The van der Waals surface area contributed by atoms with Crippen molar-refractivity contribution >= 4 is 11.6 Å². The Balaban J connectivity index is 1.50. The highest BCUT2D eigenvalue weighted by Crippen LogP contribution is 2.25. The predicted molar refractivity (Wildman–Crippen MR) is 102 cm³/mol. The number of amides is 1. The molecule has 0 spiro atoms. The molecular weight excluding hydrogens is 324 g/mol. The fourth-order valence-corrected chi connectivity index (χ4v) is 3.35. The molecule has 0 saturated carbocycles. The molecule has 2 aromatic carbocycles. The molecule has 5 heteroatoms. The number of fused-ring (bicyclic) bond motifs is 1. The summed E-state index contributed by atoms with van der Waals surface area (Å²) >= 11 is 0. The number of carbonyl (C=O) groups excluding carboxylic acids is 1. The summed E-state index contributed by atoms with van der Waals surface area (Å²) in [5.74, 6) is 1.92. The Morgan fingerprint density at radius 2 is 1.96 bits per heavy atom. The predicted octanol–water partition coefficient (Wildman–Crippen LogP) is 3.77. The summed E-state index contributed by atoms with van der Waals surface area (Å²) < 4.78 is 2.19. The van der Waals surface area contributed by atoms with E-state index >= 15 is 0 Å². The first kappa shape index (κ1) is 16.5. The zero-order valence-electron chi connectivity index (χ0n) is 14.9. The Labute approximate surface area is 153 Å². The number of nitrogens with one attached hydrogen (secondary N) is 1. The monoisotopic (exact) mass is 346 g/mol. The Hall–Kier alpha value is -2.95. The van der Waals surface area contributed by atoms with Crippen LogP contribution in [0.3, 0.4) is 0 Å². The molecule has 0 bridgehead atoms. The van der Waals surface area contributed by atoms with Crippen LogP contribution in [-0.4, -0.2) is 20.7 Å². The Bertz CT molecular complexity index is 927. The van der Waals surface area contributed by atoms with E-state index in [0.717, 1.165) is 47.8 Å². The average molecular weight is 346 g/mol. The van der Waals surface area contributed by atoms with Crippen LogP contribution in [0.15, 0.2) is 48.5 Å². The van der Waals surface area contributed by atoms with E-state index < -0.39 is 0 Å². The smallest absolute Gasteiger partial charge is 0.228 e. The highest BCUT2D eigenvalue weighted by Gasteiger charge is 2.17. The highest BCUT2D eigenvalue weighted by atomic mass is 16.1. The summed E-state index contributed by atoms with van der Waals surface area (Å²) in [6, 6.07) is 15.9. The molecule has 2 heterocycles. The van der Waals surface area contributed by atoms with E-state index in [0.29, 0.717) is 6.42 Å². The van der Waals surface area contributed by atoms with Gasteiger partial charge < -0.3 is 9.88 Å². The van der Waals surface area contributed by atoms with Gasteiger partial charge in [0.2, 0.25) is 5.91 Å². The van der Waals surface area contributed by atoms with Gasteiger partial charge >= 0.3 is 0 Å². The van der Waals surface area contributed by atoms with Crippen molar-refractivity contribution in [2.75, 3.05) is 5.32 Å². The summed E-state index contributed by atoms with van der Waals surface area (Å²) in [5.41, 5.74) is 3.97. The topological polar surface area (TPSA) is 59.8 Å². The number of anilines is 1. The van der Waals surface area contributed by atoms with Gasteiger partial charge in [-0.3, -0.25) is 4.79 Å². The lowest BCUT2D eigenvalue weighted by atomic mass is 10.1. The molecule has 0 aliphatic carbocycles. The molecule has 1 aliphatic heterocycles. The molecule has 5 nitrogen and oxygen atoms in total. The van der Waals surface area contributed by atoms with Crippen LogP contribution in [0.1, 0.15) is 29.8 Å². The molecule has 26 heavy (non-hydrogen) atoms. The Kier molecular flexibility index (Phi) is 4.52. The van der Waals surface area contributed by atoms with Crippen molar-refractivity contribution in [3.05, 3.63) is 65.5 Å². The van der Waals surface area contributed by atoms with E-state index in [9.17, 15) is 4.79 Å². The number of aryl methyl sites for hydroxylation is 2. The van der Waals surface area contributed by atoms with Gasteiger partial charge in [-0.05, 0) is 37.5 Å². The van der Waals surface area contributed by atoms with Crippen molar-refractivity contribution in [3.8, 4) is 11.4 Å². The van der Waals surface area contributed by atoms with Crippen LogP contribution in [0.5, 0.6) is 0 Å². The average Bonchev–Trinajstić information content (AvgIpc) is 3.08. The van der Waals surface area contributed by atoms with Gasteiger partial charge in [0.25, 0.3) is 0 Å². The molecule has 0 atom stereocenters. The minimum Gasteiger partial charge on any atom is -0.326 e. The van der Waals surface area contributed by atoms with Crippen molar-refractivity contribution in [1.82, 2.24) is 14.8 Å². The van der Waals surface area contributed by atoms with E-state index in [1.165, 1.54) is 12.0 Å². The third-order valence-electron chi connectivity index (χ3n) is 4.75. The first-order chi connectivity index (χ1) is 12.7. The fraction of sp³-hybridized carbons (Fsp3) is 0.286. The second kappa shape index (κ2) is 7.12. The highest BCUT2D eigenvalue weighted by molar-refractivity contribution is 5.92. The maximum Gasteiger partial charge on any atom is 0.228 e. The van der Waals surface area contributed by atoms with Gasteiger partial charge in [-0.25, -0.2) is 0 Å². The van der Waals surface area contributed by atoms with Gasteiger partial charge in [0, 0.05) is 24.2 Å². The second-order valence-electron chi connectivity index (χ2n) is 6.84. The molecular formula is C21H22N4O. The second-order valence-corrected chi connectivity index (χ2v) is 6.84. The Morgan fingerprint density at radius 3 is 2.81 bits per heavy atom. The largest absolute Gasteiger partial charge is 0.326 e. The number of hydrogen-bond acceptors (Lipinski definition) is 3. The molecule has 0 fully saturated rings. The molecule has 1 N–H and O–H groups in total. The van der Waals surface area contributed by atoms with Crippen LogP contribution in [0.25, 0.3) is 11.4 Å². The molecule has 3 aromatic rings. The van der Waals surface area contributed by atoms with Gasteiger partial charge in [0.15, 0.2) is 5.82 Å². The van der Waals surface area contributed by atoms with Crippen molar-refractivity contribution in [3.63, 3.8) is 0 Å². The molecule has 4 rings (SSSR count). The van der Waals surface area contributed by atoms with Gasteiger partial charge in [0.1, 0.15) is 5.82 Å². The quantitative estimate of drug-likeness (QED) is 0.782. The molecule has 0 unspecified atom stereocenters. The summed E-state index contributed by atoms with van der Waals surface area (Å²) in [5, 5.41) is 11.7. The van der Waals surface area contributed by atoms with Gasteiger partial charge in [-0.2, -0.15) is 0 Å². The van der Waals surface area contributed by atoms with E-state index in [1.807, 2.05) is 55.5 Å². The number of aromatic nitrogens is 3. The lowest BCUT2D eigenvalue weighted by Gasteiger charge is -2.15. The maximum atomic E-state index is 12.4. The summed E-state index contributed by atoms with van der Waals surface area (Å²) in [6.07, 6.45) is 3.68. The number of benzene rings is 2.